The van der Waals surface area contributed by atoms with Gasteiger partial charge in [-0.3, -0.25) is 19.2 Å². The quantitative estimate of drug-likeness (QED) is 0.120. The topological polar surface area (TPSA) is 199 Å². The second-order valence-corrected chi connectivity index (χ2v) is 13.2. The van der Waals surface area contributed by atoms with Gasteiger partial charge in [0.25, 0.3) is 0 Å². The van der Waals surface area contributed by atoms with Gasteiger partial charge in [-0.2, -0.15) is 0 Å². The van der Waals surface area contributed by atoms with Crippen LogP contribution >= 0.6 is 0 Å². The van der Waals surface area contributed by atoms with Crippen molar-refractivity contribution in [2.75, 3.05) is 20.3 Å². The first kappa shape index (κ1) is 37.5. The minimum atomic E-state index is -1.26. The molecule has 2 aromatic carbocycles. The molecule has 1 heterocycles. The number of carbonyl (C=O) groups excluding carboxylic acids is 4. The lowest BCUT2D eigenvalue weighted by Gasteiger charge is -2.29. The number of aliphatic hydroxyl groups excluding tert-OH is 1. The van der Waals surface area contributed by atoms with Gasteiger partial charge in [0.05, 0.1) is 29.5 Å². The highest BCUT2D eigenvalue weighted by molar-refractivity contribution is 6.39. The molecule has 0 aliphatic heterocycles. The molecule has 0 saturated carbocycles. The molecular formula is C37H42N2O11. The molecule has 1 aromatic heterocycles. The number of benzene rings is 2. The van der Waals surface area contributed by atoms with Crippen LogP contribution < -0.4 is 5.32 Å². The predicted molar refractivity (Wildman–Crippen MR) is 183 cm³/mol. The number of ether oxygens (including phenoxy) is 3. The van der Waals surface area contributed by atoms with Gasteiger partial charge in [0.15, 0.2) is 11.9 Å². The molecule has 0 fully saturated rings. The number of fused-ring (bicyclic) bond motifs is 2. The number of carboxylic acid groups (broad SMARTS) is 1. The third kappa shape index (κ3) is 8.46. The first-order valence-electron chi connectivity index (χ1n) is 16.3. The van der Waals surface area contributed by atoms with Crippen molar-refractivity contribution in [3.05, 3.63) is 70.4 Å². The number of aliphatic carboxylic acids is 1. The van der Waals surface area contributed by atoms with Crippen molar-refractivity contribution in [3.63, 3.8) is 0 Å². The van der Waals surface area contributed by atoms with Crippen LogP contribution in [0.15, 0.2) is 42.5 Å². The van der Waals surface area contributed by atoms with Gasteiger partial charge >= 0.3 is 23.9 Å². The molecule has 2 atom stereocenters. The number of aliphatic hydroxyl groups is 1. The normalized spacial score (nSPS) is 14.4. The van der Waals surface area contributed by atoms with Crippen molar-refractivity contribution >= 4 is 51.9 Å². The summed E-state index contributed by atoms with van der Waals surface area (Å²) in [7, 11) is 1.61. The fourth-order valence-corrected chi connectivity index (χ4v) is 5.64. The number of allylic oxidation sites excluding steroid dienone is 1. The number of likely N-dealkylation sites (N-methyl/N-ethyl adjacent to an activating group) is 1. The summed E-state index contributed by atoms with van der Waals surface area (Å²) in [5.74, 6) is -4.63. The lowest BCUT2D eigenvalue weighted by Crippen LogP contribution is -2.50. The van der Waals surface area contributed by atoms with Crippen LogP contribution in [0.3, 0.4) is 0 Å². The summed E-state index contributed by atoms with van der Waals surface area (Å²) in [6, 6.07) is 10.9. The first-order valence-corrected chi connectivity index (χ1v) is 16.3. The predicted octanol–water partition coefficient (Wildman–Crippen LogP) is 5.19. The number of pyridine rings is 1. The number of carbonyl (C=O) groups is 5. The molecule has 4 N–H and O–H groups in total. The first-order chi connectivity index (χ1) is 23.5. The van der Waals surface area contributed by atoms with Crippen molar-refractivity contribution in [1.82, 2.24) is 10.3 Å². The number of hydrogen-bond donors (Lipinski definition) is 4. The molecule has 0 spiro atoms. The summed E-state index contributed by atoms with van der Waals surface area (Å²) in [4.78, 5) is 67.2. The van der Waals surface area contributed by atoms with Crippen LogP contribution in [-0.2, 0) is 28.6 Å². The maximum absolute atomic E-state index is 13.4. The lowest BCUT2D eigenvalue weighted by molar-refractivity contribution is -0.165. The molecule has 0 amide bonds. The van der Waals surface area contributed by atoms with Crippen LogP contribution in [0.4, 0.5) is 0 Å². The molecule has 13 nitrogen and oxygen atoms in total. The van der Waals surface area contributed by atoms with Crippen LogP contribution in [0.2, 0.25) is 0 Å². The van der Waals surface area contributed by atoms with E-state index in [9.17, 15) is 34.2 Å². The molecule has 2 unspecified atom stereocenters. The Bertz CT molecular complexity index is 1860. The van der Waals surface area contributed by atoms with Gasteiger partial charge in [0.1, 0.15) is 36.0 Å². The summed E-state index contributed by atoms with van der Waals surface area (Å²) in [5, 5.41) is 34.5. The monoisotopic (exact) mass is 690 g/mol. The number of nitrogens with one attached hydrogen (secondary N) is 1. The Morgan fingerprint density at radius 3 is 2.26 bits per heavy atom. The van der Waals surface area contributed by atoms with Gasteiger partial charge in [0, 0.05) is 16.5 Å². The number of aromatic nitrogens is 1. The van der Waals surface area contributed by atoms with Gasteiger partial charge in [-0.1, -0.05) is 33.8 Å². The van der Waals surface area contributed by atoms with Crippen molar-refractivity contribution in [1.29, 1.82) is 0 Å². The molecule has 4 rings (SSSR count). The van der Waals surface area contributed by atoms with Gasteiger partial charge in [0.2, 0.25) is 0 Å². The third-order valence-electron chi connectivity index (χ3n) is 8.40. The number of ketones is 1. The van der Waals surface area contributed by atoms with E-state index in [1.807, 2.05) is 39.8 Å². The van der Waals surface area contributed by atoms with Gasteiger partial charge in [-0.05, 0) is 74.2 Å². The maximum atomic E-state index is 13.4. The minimum absolute atomic E-state index is 0.0259. The molecule has 1 aliphatic rings. The average molecular weight is 691 g/mol. The largest absolute Gasteiger partial charge is 0.506 e. The number of esters is 3. The van der Waals surface area contributed by atoms with Crippen molar-refractivity contribution in [3.8, 4) is 5.75 Å². The number of hydrogen-bond acceptors (Lipinski definition) is 12. The summed E-state index contributed by atoms with van der Waals surface area (Å²) in [6.07, 6.45) is -1.77. The molecule has 0 radical (unpaired) electrons. The lowest BCUT2D eigenvalue weighted by atomic mass is 9.91. The molecular weight excluding hydrogens is 648 g/mol. The zero-order valence-corrected chi connectivity index (χ0v) is 28.9. The molecule has 1 aliphatic carbocycles. The van der Waals surface area contributed by atoms with Gasteiger partial charge in [-0.15, -0.1) is 0 Å². The van der Waals surface area contributed by atoms with E-state index in [0.29, 0.717) is 17.3 Å². The Balaban J connectivity index is 1.53. The number of aromatic hydroxyl groups is 1. The maximum Gasteiger partial charge on any atom is 0.338 e. The molecule has 266 valence electrons. The molecule has 13 heteroatoms. The molecule has 3 aromatic rings. The van der Waals surface area contributed by atoms with Crippen molar-refractivity contribution < 1.29 is 53.5 Å². The van der Waals surface area contributed by atoms with E-state index in [2.05, 4.69) is 10.3 Å². The fourth-order valence-electron chi connectivity index (χ4n) is 5.64. The van der Waals surface area contributed by atoms with E-state index < -0.39 is 73.1 Å². The zero-order chi connectivity index (χ0) is 36.9. The average Bonchev–Trinajstić information content (AvgIpc) is 3.31. The van der Waals surface area contributed by atoms with Crippen molar-refractivity contribution in [2.24, 2.45) is 5.92 Å². The van der Waals surface area contributed by atoms with E-state index in [1.54, 1.807) is 20.0 Å². The smallest absolute Gasteiger partial charge is 0.338 e. The third-order valence-corrected chi connectivity index (χ3v) is 8.40. The van der Waals surface area contributed by atoms with Gasteiger partial charge in [-0.25, -0.2) is 9.78 Å². The van der Waals surface area contributed by atoms with Crippen LogP contribution in [0.5, 0.6) is 5.75 Å². The van der Waals surface area contributed by atoms with Crippen LogP contribution in [0.25, 0.3) is 22.2 Å². The Morgan fingerprint density at radius 2 is 1.62 bits per heavy atom. The highest BCUT2D eigenvalue weighted by Crippen LogP contribution is 2.40. The number of rotatable bonds is 15. The Labute approximate surface area is 289 Å². The van der Waals surface area contributed by atoms with E-state index >= 15 is 0 Å². The second-order valence-electron chi connectivity index (χ2n) is 13.2. The minimum Gasteiger partial charge on any atom is -0.506 e. The SMILES string of the molecule is CNC(C)(CC(C)C)C(=O)OCC(COC(=O)c1ccc2c(c1)C(O)=C(c1nc3ccc(C(C)C)cc3cc1O)C2=O)OC(=O)CCC(=O)O. The van der Waals surface area contributed by atoms with E-state index in [0.717, 1.165) is 5.56 Å². The standard InChI is InChI=1S/C37H42N2O11/c1-19(2)16-37(5,38-6)36(47)49-18-24(50-30(43)12-11-29(41)42)17-48-35(46)22-7-9-25-26(14-22)34(45)31(33(25)44)32-28(40)15-23-13-21(20(3)4)8-10-27(23)39-32/h7-10,13-15,19-20,24,38,40,45H,11-12,16-18H2,1-6H3,(H,41,42). The van der Waals surface area contributed by atoms with E-state index in [4.69, 9.17) is 19.3 Å². The van der Waals surface area contributed by atoms with E-state index in [-0.39, 0.29) is 45.5 Å². The van der Waals surface area contributed by atoms with Crippen LogP contribution in [0.1, 0.15) is 97.3 Å². The Hall–Kier alpha value is -5.30. The second kappa shape index (κ2) is 15.5. The fraction of sp³-hybridized carbons (Fsp3) is 0.405. The van der Waals surface area contributed by atoms with Crippen molar-refractivity contribution in [2.45, 2.75) is 71.4 Å². The Kier molecular flexibility index (Phi) is 11.6. The molecule has 0 bridgehead atoms. The molecule has 0 saturated heterocycles. The Morgan fingerprint density at radius 1 is 0.920 bits per heavy atom. The highest BCUT2D eigenvalue weighted by Gasteiger charge is 2.36. The zero-order valence-electron chi connectivity index (χ0n) is 28.9. The van der Waals surface area contributed by atoms with Crippen LogP contribution in [0, 0.1) is 5.92 Å². The summed E-state index contributed by atoms with van der Waals surface area (Å²) >= 11 is 0. The van der Waals surface area contributed by atoms with E-state index in [1.165, 1.54) is 24.3 Å². The number of Topliss-reactive ketones (excluding diaryl/α,β-unsaturated/α-hetero) is 1. The number of nitrogens with zero attached hydrogens (tertiary/aromatic N) is 1. The highest BCUT2D eigenvalue weighted by atomic mass is 16.6. The summed E-state index contributed by atoms with van der Waals surface area (Å²) in [6.45, 7) is 8.58. The molecule has 50 heavy (non-hydrogen) atoms. The summed E-state index contributed by atoms with van der Waals surface area (Å²) < 4.78 is 16.1. The number of carboxylic acids is 1. The van der Waals surface area contributed by atoms with Gasteiger partial charge < -0.3 is 34.8 Å². The summed E-state index contributed by atoms with van der Waals surface area (Å²) in [5.41, 5.74) is 0.217. The van der Waals surface area contributed by atoms with Crippen LogP contribution in [-0.4, -0.2) is 81.9 Å².